The second-order valence-corrected chi connectivity index (χ2v) is 8.31. The van der Waals surface area contributed by atoms with Gasteiger partial charge in [-0.1, -0.05) is 13.8 Å². The summed E-state index contributed by atoms with van der Waals surface area (Å²) in [6.07, 6.45) is 4.35. The minimum atomic E-state index is 0.108. The zero-order valence-electron chi connectivity index (χ0n) is 17.5. The van der Waals surface area contributed by atoms with Gasteiger partial charge in [0.15, 0.2) is 0 Å². The van der Waals surface area contributed by atoms with Crippen molar-refractivity contribution in [3.8, 4) is 0 Å². The van der Waals surface area contributed by atoms with E-state index in [1.165, 1.54) is 0 Å². The molecule has 8 nitrogen and oxygen atoms in total. The quantitative estimate of drug-likeness (QED) is 0.672. The van der Waals surface area contributed by atoms with Crippen molar-refractivity contribution in [3.63, 3.8) is 0 Å². The lowest BCUT2D eigenvalue weighted by molar-refractivity contribution is -0.127. The number of amides is 1. The smallest absolute Gasteiger partial charge is 0.230 e. The number of hydrogen-bond donors (Lipinski definition) is 1. The van der Waals surface area contributed by atoms with Crippen molar-refractivity contribution in [2.45, 2.75) is 58.0 Å². The lowest BCUT2D eigenvalue weighted by Crippen LogP contribution is -2.50. The fourth-order valence-corrected chi connectivity index (χ4v) is 4.17. The molecule has 1 amide bonds. The van der Waals surface area contributed by atoms with Crippen LogP contribution in [0.15, 0.2) is 4.42 Å². The number of rotatable bonds is 8. The third kappa shape index (κ3) is 5.75. The molecule has 0 aliphatic carbocycles. The van der Waals surface area contributed by atoms with E-state index in [1.54, 1.807) is 7.11 Å². The Morgan fingerprint density at radius 2 is 2.04 bits per heavy atom. The van der Waals surface area contributed by atoms with Crippen molar-refractivity contribution in [1.29, 1.82) is 0 Å². The van der Waals surface area contributed by atoms with E-state index in [1.807, 2.05) is 0 Å². The van der Waals surface area contributed by atoms with Crippen molar-refractivity contribution in [2.75, 3.05) is 46.4 Å². The fraction of sp³-hybridized carbons (Fsp3) is 0.850. The second-order valence-electron chi connectivity index (χ2n) is 8.31. The summed E-state index contributed by atoms with van der Waals surface area (Å²) in [5, 5.41) is 11.3. The van der Waals surface area contributed by atoms with Crippen molar-refractivity contribution in [2.24, 2.45) is 5.92 Å². The Morgan fingerprint density at radius 1 is 1.25 bits per heavy atom. The number of piperidine rings is 2. The highest BCUT2D eigenvalue weighted by atomic mass is 16.5. The van der Waals surface area contributed by atoms with Crippen molar-refractivity contribution < 1.29 is 13.9 Å². The third-order valence-corrected chi connectivity index (χ3v) is 5.84. The van der Waals surface area contributed by atoms with E-state index < -0.39 is 0 Å². The molecule has 0 radical (unpaired) electrons. The first-order chi connectivity index (χ1) is 13.6. The van der Waals surface area contributed by atoms with E-state index in [4.69, 9.17) is 9.15 Å². The van der Waals surface area contributed by atoms with Gasteiger partial charge >= 0.3 is 0 Å². The molecule has 0 aromatic carbocycles. The first-order valence-electron chi connectivity index (χ1n) is 10.6. The molecule has 3 heterocycles. The molecular formula is C20H35N5O3. The Morgan fingerprint density at radius 3 is 2.71 bits per heavy atom. The zero-order chi connectivity index (χ0) is 19.9. The molecule has 8 heteroatoms. The molecule has 0 bridgehead atoms. The SMILES string of the molecule is COCCNC(=O)[C@H]1CCCN(C2CCN(Cc3nnc(C(C)C)o3)CC2)C1. The van der Waals surface area contributed by atoms with Gasteiger partial charge in [0.25, 0.3) is 0 Å². The van der Waals surface area contributed by atoms with Crippen LogP contribution in [0.1, 0.15) is 57.2 Å². The van der Waals surface area contributed by atoms with Crippen LogP contribution in [0.3, 0.4) is 0 Å². The molecule has 3 rings (SSSR count). The normalized spacial score (nSPS) is 22.6. The summed E-state index contributed by atoms with van der Waals surface area (Å²) in [7, 11) is 1.66. The molecule has 0 saturated carbocycles. The Bertz CT molecular complexity index is 613. The lowest BCUT2D eigenvalue weighted by atomic mass is 9.93. The van der Waals surface area contributed by atoms with Gasteiger partial charge in [-0.3, -0.25) is 14.6 Å². The monoisotopic (exact) mass is 393 g/mol. The molecule has 1 aromatic rings. The van der Waals surface area contributed by atoms with Crippen LogP contribution >= 0.6 is 0 Å². The summed E-state index contributed by atoms with van der Waals surface area (Å²) in [4.78, 5) is 17.3. The number of carbonyl (C=O) groups is 1. The maximum atomic E-state index is 12.4. The van der Waals surface area contributed by atoms with Crippen LogP contribution in [0.2, 0.25) is 0 Å². The van der Waals surface area contributed by atoms with E-state index in [0.29, 0.717) is 31.0 Å². The number of nitrogens with one attached hydrogen (secondary N) is 1. The first kappa shape index (κ1) is 21.2. The van der Waals surface area contributed by atoms with Crippen LogP contribution in [0, 0.1) is 5.92 Å². The lowest BCUT2D eigenvalue weighted by Gasteiger charge is -2.41. The molecule has 28 heavy (non-hydrogen) atoms. The molecular weight excluding hydrogens is 358 g/mol. The largest absolute Gasteiger partial charge is 0.424 e. The molecule has 2 fully saturated rings. The van der Waals surface area contributed by atoms with Crippen molar-refractivity contribution >= 4 is 5.91 Å². The van der Waals surface area contributed by atoms with Gasteiger partial charge in [0, 0.05) is 45.2 Å². The van der Waals surface area contributed by atoms with E-state index >= 15 is 0 Å². The average molecular weight is 394 g/mol. The van der Waals surface area contributed by atoms with Gasteiger partial charge in [-0.25, -0.2) is 0 Å². The predicted octanol–water partition coefficient (Wildman–Crippen LogP) is 1.63. The van der Waals surface area contributed by atoms with Gasteiger partial charge in [-0.2, -0.15) is 0 Å². The molecule has 2 aliphatic heterocycles. The number of likely N-dealkylation sites (tertiary alicyclic amines) is 2. The highest BCUT2D eigenvalue weighted by Gasteiger charge is 2.31. The van der Waals surface area contributed by atoms with Crippen LogP contribution in [0.5, 0.6) is 0 Å². The summed E-state index contributed by atoms with van der Waals surface area (Å²) in [5.74, 6) is 1.99. The number of carbonyl (C=O) groups excluding carboxylic acids is 1. The van der Waals surface area contributed by atoms with E-state index in [2.05, 4.69) is 39.2 Å². The summed E-state index contributed by atoms with van der Waals surface area (Å²) < 4.78 is 10.8. The number of methoxy groups -OCH3 is 1. The number of nitrogens with zero attached hydrogens (tertiary/aromatic N) is 4. The van der Waals surface area contributed by atoms with E-state index in [-0.39, 0.29) is 17.7 Å². The average Bonchev–Trinajstić information content (AvgIpc) is 3.18. The summed E-state index contributed by atoms with van der Waals surface area (Å²) in [6, 6.07) is 0.569. The van der Waals surface area contributed by atoms with E-state index in [0.717, 1.165) is 58.4 Å². The van der Waals surface area contributed by atoms with Crippen LogP contribution in [0.4, 0.5) is 0 Å². The first-order valence-corrected chi connectivity index (χ1v) is 10.6. The third-order valence-electron chi connectivity index (χ3n) is 5.84. The predicted molar refractivity (Wildman–Crippen MR) is 106 cm³/mol. The highest BCUT2D eigenvalue weighted by molar-refractivity contribution is 5.78. The number of ether oxygens (including phenoxy) is 1. The van der Waals surface area contributed by atoms with Gasteiger partial charge in [0.2, 0.25) is 17.7 Å². The van der Waals surface area contributed by atoms with Crippen LogP contribution < -0.4 is 5.32 Å². The summed E-state index contributed by atoms with van der Waals surface area (Å²) >= 11 is 0. The molecule has 2 aliphatic rings. The van der Waals surface area contributed by atoms with Gasteiger partial charge in [-0.05, 0) is 32.2 Å². The highest BCUT2D eigenvalue weighted by Crippen LogP contribution is 2.25. The van der Waals surface area contributed by atoms with Gasteiger partial charge < -0.3 is 14.5 Å². The van der Waals surface area contributed by atoms with Gasteiger partial charge in [-0.15, -0.1) is 10.2 Å². The maximum Gasteiger partial charge on any atom is 0.230 e. The van der Waals surface area contributed by atoms with Crippen LogP contribution in [-0.4, -0.2) is 78.4 Å². The van der Waals surface area contributed by atoms with Gasteiger partial charge in [0.05, 0.1) is 19.1 Å². The summed E-state index contributed by atoms with van der Waals surface area (Å²) in [6.45, 7) is 10.1. The van der Waals surface area contributed by atoms with E-state index in [9.17, 15) is 4.79 Å². The van der Waals surface area contributed by atoms with Gasteiger partial charge in [0.1, 0.15) is 0 Å². The van der Waals surface area contributed by atoms with Crippen LogP contribution in [0.25, 0.3) is 0 Å². The second kappa shape index (κ2) is 10.3. The molecule has 1 atom stereocenters. The molecule has 1 N–H and O–H groups in total. The number of hydrogen-bond acceptors (Lipinski definition) is 7. The molecule has 1 aromatic heterocycles. The Balaban J connectivity index is 1.43. The van der Waals surface area contributed by atoms with Crippen LogP contribution in [-0.2, 0) is 16.1 Å². The molecule has 2 saturated heterocycles. The molecule has 0 unspecified atom stereocenters. The molecule has 158 valence electrons. The standard InChI is InChI=1S/C20H35N5O3/c1-15(2)20-23-22-18(28-20)14-24-10-6-17(7-11-24)25-9-4-5-16(13-25)19(26)21-8-12-27-3/h15-17H,4-14H2,1-3H3,(H,21,26)/t16-/m0/s1. The Labute approximate surface area is 168 Å². The Kier molecular flexibility index (Phi) is 7.82. The minimum absolute atomic E-state index is 0.108. The minimum Gasteiger partial charge on any atom is -0.424 e. The topological polar surface area (TPSA) is 83.7 Å². The summed E-state index contributed by atoms with van der Waals surface area (Å²) in [5.41, 5.74) is 0. The van der Waals surface area contributed by atoms with Crippen molar-refractivity contribution in [1.82, 2.24) is 25.3 Å². The number of aromatic nitrogens is 2. The zero-order valence-corrected chi connectivity index (χ0v) is 17.5. The maximum absolute atomic E-state index is 12.4. The fourth-order valence-electron chi connectivity index (χ4n) is 4.17. The Hall–Kier alpha value is -1.51. The van der Waals surface area contributed by atoms with Crippen molar-refractivity contribution in [3.05, 3.63) is 11.8 Å². The molecule has 0 spiro atoms.